The predicted octanol–water partition coefficient (Wildman–Crippen LogP) is 7.24. The lowest BCUT2D eigenvalue weighted by Gasteiger charge is -2.30. The number of aromatic nitrogens is 4. The second-order valence-electron chi connectivity index (χ2n) is 20.1. The first-order valence-corrected chi connectivity index (χ1v) is 26.7. The fourth-order valence-electron chi connectivity index (χ4n) is 10.4. The Labute approximate surface area is 440 Å². The number of amides is 2. The van der Waals surface area contributed by atoms with E-state index in [9.17, 15) is 24.3 Å². The van der Waals surface area contributed by atoms with Crippen molar-refractivity contribution in [1.29, 1.82) is 0 Å². The van der Waals surface area contributed by atoms with Crippen molar-refractivity contribution < 1.29 is 48.0 Å². The van der Waals surface area contributed by atoms with Crippen molar-refractivity contribution in [2.45, 2.75) is 129 Å². The van der Waals surface area contributed by atoms with E-state index in [-0.39, 0.29) is 68.0 Å². The molecule has 7 rings (SSSR count). The minimum Gasteiger partial charge on any atom is -0.494 e. The van der Waals surface area contributed by atoms with Crippen molar-refractivity contribution >= 4 is 62.9 Å². The van der Waals surface area contributed by atoms with Gasteiger partial charge in [0.15, 0.2) is 5.78 Å². The number of nitrogens with one attached hydrogen (secondary N) is 5. The van der Waals surface area contributed by atoms with Crippen molar-refractivity contribution in [3.8, 4) is 0 Å². The van der Waals surface area contributed by atoms with E-state index in [2.05, 4.69) is 72.3 Å². The van der Waals surface area contributed by atoms with Gasteiger partial charge in [0, 0.05) is 83.4 Å². The van der Waals surface area contributed by atoms with Crippen molar-refractivity contribution in [1.82, 2.24) is 35.9 Å². The van der Waals surface area contributed by atoms with E-state index in [1.807, 2.05) is 32.1 Å². The van der Waals surface area contributed by atoms with Crippen LogP contribution in [-0.4, -0.2) is 139 Å². The van der Waals surface area contributed by atoms with Gasteiger partial charge < -0.3 is 60.4 Å². The number of H-pyrrole nitrogens is 2. The molecule has 0 saturated carbocycles. The van der Waals surface area contributed by atoms with Crippen molar-refractivity contribution in [3.63, 3.8) is 0 Å². The van der Waals surface area contributed by atoms with Gasteiger partial charge in [-0.3, -0.25) is 19.4 Å². The maximum Gasteiger partial charge on any atom is 0.326 e. The predicted molar refractivity (Wildman–Crippen MR) is 290 cm³/mol. The summed E-state index contributed by atoms with van der Waals surface area (Å²) in [6.07, 6.45) is 9.39. The van der Waals surface area contributed by atoms with Crippen LogP contribution in [0.3, 0.4) is 0 Å². The number of nitrogens with zero attached hydrogens (tertiary/aromatic N) is 2. The second-order valence-corrected chi connectivity index (χ2v) is 20.1. The maximum absolute atomic E-state index is 13.9. The molecule has 0 radical (unpaired) electrons. The Kier molecular flexibility index (Phi) is 20.1. The Bertz CT molecular complexity index is 2800. The molecule has 3 aromatic rings. The molecule has 75 heavy (non-hydrogen) atoms. The highest BCUT2D eigenvalue weighted by atomic mass is 16.5. The first-order valence-electron chi connectivity index (χ1n) is 26.7. The monoisotopic (exact) mass is 1030 g/mol. The molecule has 3 aliphatic heterocycles. The van der Waals surface area contributed by atoms with Crippen molar-refractivity contribution in [3.05, 3.63) is 87.7 Å². The van der Waals surface area contributed by atoms with Crippen LogP contribution >= 0.6 is 0 Å². The number of carboxylic acid groups (broad SMARTS) is 1. The molecule has 4 aliphatic rings. The molecular formula is C57H78N8O10. The third kappa shape index (κ3) is 13.9. The first kappa shape index (κ1) is 56.7. The van der Waals surface area contributed by atoms with Crippen LogP contribution in [0.1, 0.15) is 146 Å². The molecule has 5 atom stereocenters. The average molecular weight is 1040 g/mol. The normalized spacial score (nSPS) is 19.2. The number of hydrogen-bond donors (Lipinski definition) is 7. The molecule has 0 spiro atoms. The number of carbonyl (C=O) groups excluding carboxylic acids is 3. The summed E-state index contributed by atoms with van der Waals surface area (Å²) in [7, 11) is 0. The van der Waals surface area contributed by atoms with Crippen molar-refractivity contribution in [2.75, 3.05) is 72.5 Å². The molecule has 4 unspecified atom stereocenters. The molecule has 18 nitrogen and oxygen atoms in total. The smallest absolute Gasteiger partial charge is 0.326 e. The molecule has 406 valence electrons. The number of carbonyl (C=O) groups is 4. The molecule has 1 aliphatic carbocycles. The number of carboxylic acids is 1. The van der Waals surface area contributed by atoms with Crippen LogP contribution in [0.5, 0.6) is 0 Å². The highest BCUT2D eigenvalue weighted by Gasteiger charge is 2.38. The van der Waals surface area contributed by atoms with Gasteiger partial charge in [0.2, 0.25) is 11.8 Å². The number of ketones is 1. The van der Waals surface area contributed by atoms with E-state index in [0.29, 0.717) is 90.5 Å². The van der Waals surface area contributed by atoms with Crippen LogP contribution < -0.4 is 21.7 Å². The summed E-state index contributed by atoms with van der Waals surface area (Å²) in [6.45, 7) is 21.3. The van der Waals surface area contributed by atoms with Gasteiger partial charge in [0.05, 0.1) is 67.4 Å². The third-order valence-corrected chi connectivity index (χ3v) is 14.9. The van der Waals surface area contributed by atoms with Crippen LogP contribution in [0.15, 0.2) is 37.1 Å². The molecule has 8 bridgehead atoms. The SMILES string of the molecule is C=Cc1c(C)c2cc3nc(c4c5[nH]c(cc6nc(cc1[nH]2)C(C)=C6CC)c(C)c5C(=O)C4)C(CCC(=O)NC(CCCCNC1(C)C=COC1COCC(=O)NCCCOCCOCCOCCCN)C(=O)O)[C@@H]3C. The molecule has 8 N–H and O–H groups in total. The molecule has 0 saturated heterocycles. The Morgan fingerprint density at radius 1 is 0.920 bits per heavy atom. The van der Waals surface area contributed by atoms with Crippen LogP contribution in [-0.2, 0) is 44.5 Å². The lowest BCUT2D eigenvalue weighted by atomic mass is 9.85. The highest BCUT2D eigenvalue weighted by molar-refractivity contribution is 6.13. The summed E-state index contributed by atoms with van der Waals surface area (Å²) >= 11 is 0. The van der Waals surface area contributed by atoms with Crippen molar-refractivity contribution in [2.24, 2.45) is 5.73 Å². The van der Waals surface area contributed by atoms with E-state index in [0.717, 1.165) is 91.1 Å². The van der Waals surface area contributed by atoms with E-state index >= 15 is 0 Å². The fraction of sp³-hybridized carbons (Fsp3) is 0.544. The molecule has 18 heteroatoms. The molecule has 0 aromatic carbocycles. The van der Waals surface area contributed by atoms with E-state index < -0.39 is 17.6 Å². The second kappa shape index (κ2) is 26.6. The number of allylic oxidation sites excluding steroid dienone is 2. The number of rotatable bonds is 30. The van der Waals surface area contributed by atoms with Gasteiger partial charge in [0.25, 0.3) is 0 Å². The number of aryl methyl sites for hydroxylation is 2. The number of unbranched alkanes of at least 4 members (excludes halogenated alkanes) is 1. The number of aromatic amines is 2. The topological polar surface area (TPSA) is 254 Å². The van der Waals surface area contributed by atoms with Gasteiger partial charge >= 0.3 is 5.97 Å². The molecule has 0 fully saturated rings. The zero-order valence-electron chi connectivity index (χ0n) is 44.7. The van der Waals surface area contributed by atoms with Gasteiger partial charge in [0.1, 0.15) is 18.8 Å². The van der Waals surface area contributed by atoms with E-state index in [1.165, 1.54) is 0 Å². The number of hydrogen-bond acceptors (Lipinski definition) is 13. The number of fused-ring (bicyclic) bond motifs is 8. The summed E-state index contributed by atoms with van der Waals surface area (Å²) in [5.74, 6) is -2.00. The largest absolute Gasteiger partial charge is 0.494 e. The fourth-order valence-corrected chi connectivity index (χ4v) is 10.4. The van der Waals surface area contributed by atoms with Crippen LogP contribution in [0.25, 0.3) is 39.3 Å². The van der Waals surface area contributed by atoms with Gasteiger partial charge in [-0.1, -0.05) is 26.5 Å². The van der Waals surface area contributed by atoms with E-state index in [4.69, 9.17) is 39.4 Å². The summed E-state index contributed by atoms with van der Waals surface area (Å²) in [6, 6.07) is 5.11. The zero-order valence-corrected chi connectivity index (χ0v) is 44.7. The molecule has 2 amide bonds. The minimum absolute atomic E-state index is 0.0211. The van der Waals surface area contributed by atoms with Crippen LogP contribution in [0.4, 0.5) is 0 Å². The lowest BCUT2D eigenvalue weighted by molar-refractivity contribution is -0.142. The molecular weight excluding hydrogens is 957 g/mol. The summed E-state index contributed by atoms with van der Waals surface area (Å²) in [5.41, 5.74) is 18.2. The Morgan fingerprint density at radius 3 is 2.36 bits per heavy atom. The summed E-state index contributed by atoms with van der Waals surface area (Å²) < 4.78 is 27.9. The standard InChI is InChI=1S/C57H78N8O10/c1-8-38-34(3)43-29-45-36(5)40(54(64-45)41-28-49(66)53-37(6)46(65-55(41)53)31-48-39(9-2)35(4)44(62-48)30-47(38)61-43)15-16-51(67)63-42(56(69)70)14-10-11-20-60-57(7)17-23-75-50(57)32-74-33-52(68)59-19-13-22-72-25-27-73-26-24-71-21-12-18-58/h8,17,23,29-31,36,40,42,50,60-61,65H,1,9-16,18-22,24-28,32-33,58H2,2-7H3,(H,59,68)(H,63,67)(H,69,70)/t36-,40?,42?,50?,57?/m0/s1. The van der Waals surface area contributed by atoms with E-state index in [1.54, 1.807) is 6.26 Å². The molecule has 3 aromatic heterocycles. The number of aliphatic carboxylic acids is 1. The number of ether oxygens (including phenoxy) is 5. The van der Waals surface area contributed by atoms with Gasteiger partial charge in [-0.05, 0) is 132 Å². The highest BCUT2D eigenvalue weighted by Crippen LogP contribution is 2.44. The Morgan fingerprint density at radius 2 is 1.64 bits per heavy atom. The van der Waals surface area contributed by atoms with Crippen LogP contribution in [0.2, 0.25) is 0 Å². The minimum atomic E-state index is -1.10. The summed E-state index contributed by atoms with van der Waals surface area (Å²) in [5, 5.41) is 19.3. The van der Waals surface area contributed by atoms with Crippen LogP contribution in [0, 0.1) is 13.8 Å². The summed E-state index contributed by atoms with van der Waals surface area (Å²) in [4.78, 5) is 70.0. The quantitative estimate of drug-likeness (QED) is 0.0325. The average Bonchev–Trinajstić information content (AvgIpc) is 4.21. The van der Waals surface area contributed by atoms with Gasteiger partial charge in [-0.2, -0.15) is 0 Å². The van der Waals surface area contributed by atoms with Gasteiger partial charge in [-0.15, -0.1) is 0 Å². The Hall–Kier alpha value is -6.02. The third-order valence-electron chi connectivity index (χ3n) is 14.9. The first-order chi connectivity index (χ1) is 36.2. The zero-order chi connectivity index (χ0) is 53.6. The lowest BCUT2D eigenvalue weighted by Crippen LogP contribution is -2.51. The Balaban J connectivity index is 0.904. The molecule has 6 heterocycles. The maximum atomic E-state index is 13.9. The van der Waals surface area contributed by atoms with Gasteiger partial charge in [-0.25, -0.2) is 9.78 Å². The number of nitrogens with two attached hydrogens (primary N) is 1. The number of Topliss-reactive ketones (excluding diaryl/α,β-unsaturated/α-hetero) is 1.